The maximum absolute atomic E-state index is 13.8. The third kappa shape index (κ3) is 8.41. The van der Waals surface area contributed by atoms with Gasteiger partial charge in [0.15, 0.2) is 5.96 Å². The van der Waals surface area contributed by atoms with Gasteiger partial charge in [-0.25, -0.2) is 17.6 Å². The summed E-state index contributed by atoms with van der Waals surface area (Å²) >= 11 is 0. The lowest BCUT2D eigenvalue weighted by Crippen LogP contribution is -2.43. The summed E-state index contributed by atoms with van der Waals surface area (Å²) in [6.07, 6.45) is 0.328. The normalized spacial score (nSPS) is 11.9. The molecule has 1 aromatic heterocycles. The second-order valence-corrected chi connectivity index (χ2v) is 9.36. The molecule has 0 aliphatic rings. The van der Waals surface area contributed by atoms with E-state index in [9.17, 15) is 32.3 Å². The monoisotopic (exact) mass is 510 g/mol. The lowest BCUT2D eigenvalue weighted by Gasteiger charge is -2.16. The second kappa shape index (κ2) is 12.0. The van der Waals surface area contributed by atoms with E-state index in [-0.39, 0.29) is 36.6 Å². The molecule has 0 unspecified atom stereocenters. The number of anilines is 1. The summed E-state index contributed by atoms with van der Waals surface area (Å²) < 4.78 is 41.9. The van der Waals surface area contributed by atoms with Gasteiger partial charge >= 0.3 is 5.97 Å². The summed E-state index contributed by atoms with van der Waals surface area (Å²) in [5, 5.41) is 11.7. The van der Waals surface area contributed by atoms with E-state index in [1.807, 2.05) is 0 Å². The van der Waals surface area contributed by atoms with Crippen LogP contribution in [0.5, 0.6) is 0 Å². The predicted molar refractivity (Wildman–Crippen MR) is 128 cm³/mol. The van der Waals surface area contributed by atoms with Crippen molar-refractivity contribution < 1.29 is 27.5 Å². The number of pyridine rings is 1. The van der Waals surface area contributed by atoms with Crippen LogP contribution in [-0.4, -0.2) is 48.5 Å². The summed E-state index contributed by atoms with van der Waals surface area (Å²) in [5.74, 6) is -3.59. The Labute approximate surface area is 200 Å². The summed E-state index contributed by atoms with van der Waals surface area (Å²) in [4.78, 5) is 40.5. The first kappa shape index (κ1) is 27.3. The number of carbonyl (C=O) groups excluding carboxylic acids is 1. The number of amides is 1. The number of guanidine groups is 1. The minimum absolute atomic E-state index is 0.0433. The van der Waals surface area contributed by atoms with E-state index in [0.29, 0.717) is 5.69 Å². The molecule has 0 spiro atoms. The fourth-order valence-corrected chi connectivity index (χ4v) is 4.32. The molecule has 1 aromatic carbocycles. The van der Waals surface area contributed by atoms with Crippen molar-refractivity contribution in [1.82, 2.24) is 9.88 Å². The molecule has 1 atom stereocenters. The molecule has 0 aliphatic heterocycles. The maximum atomic E-state index is 13.8. The Hall–Kier alpha value is -3.94. The molecular weight excluding hydrogens is 483 g/mol. The molecule has 12 nitrogen and oxygen atoms in total. The summed E-state index contributed by atoms with van der Waals surface area (Å²) in [5.41, 5.74) is 9.51. The van der Waals surface area contributed by atoms with Gasteiger partial charge < -0.3 is 26.5 Å². The number of carboxylic acids is 1. The molecule has 7 N–H and O–H groups in total. The molecule has 1 amide bonds. The lowest BCUT2D eigenvalue weighted by atomic mass is 10.1. The van der Waals surface area contributed by atoms with Crippen LogP contribution in [0.15, 0.2) is 46.2 Å². The molecule has 1 heterocycles. The minimum Gasteiger partial charge on any atom is -0.480 e. The Morgan fingerprint density at radius 1 is 1.20 bits per heavy atom. The number of rotatable bonds is 12. The van der Waals surface area contributed by atoms with Crippen molar-refractivity contribution in [2.75, 3.05) is 11.3 Å². The van der Waals surface area contributed by atoms with Crippen molar-refractivity contribution in [1.29, 1.82) is 0 Å². The van der Waals surface area contributed by atoms with Crippen LogP contribution in [0.4, 0.5) is 10.1 Å². The number of nitrogens with zero attached hydrogens (tertiary/aromatic N) is 2. The molecule has 0 saturated heterocycles. The highest BCUT2D eigenvalue weighted by Crippen LogP contribution is 2.13. The van der Waals surface area contributed by atoms with Crippen LogP contribution in [0.3, 0.4) is 0 Å². The first-order chi connectivity index (χ1) is 16.4. The first-order valence-electron chi connectivity index (χ1n) is 10.4. The third-order valence-electron chi connectivity index (χ3n) is 4.84. The Morgan fingerprint density at radius 2 is 1.89 bits per heavy atom. The van der Waals surface area contributed by atoms with Crippen LogP contribution < -0.4 is 27.1 Å². The Morgan fingerprint density at radius 3 is 2.51 bits per heavy atom. The fraction of sp³-hybridized carbons (Fsp3) is 0.333. The van der Waals surface area contributed by atoms with Crippen molar-refractivity contribution in [3.05, 3.63) is 63.8 Å². The maximum Gasteiger partial charge on any atom is 0.326 e. The highest BCUT2D eigenvalue weighted by molar-refractivity contribution is 7.91. The van der Waals surface area contributed by atoms with E-state index in [4.69, 9.17) is 11.5 Å². The van der Waals surface area contributed by atoms with E-state index in [0.717, 1.165) is 10.6 Å². The van der Waals surface area contributed by atoms with Gasteiger partial charge in [-0.2, -0.15) is 0 Å². The number of aryl methyl sites for hydroxylation is 1. The number of aromatic nitrogens is 1. The van der Waals surface area contributed by atoms with E-state index in [2.05, 4.69) is 15.0 Å². The van der Waals surface area contributed by atoms with Crippen LogP contribution in [0.2, 0.25) is 0 Å². The predicted octanol–water partition coefficient (Wildman–Crippen LogP) is -0.139. The van der Waals surface area contributed by atoms with Crippen LogP contribution >= 0.6 is 0 Å². The zero-order valence-electron chi connectivity index (χ0n) is 18.9. The molecule has 0 fully saturated rings. The van der Waals surface area contributed by atoms with E-state index < -0.39 is 51.6 Å². The van der Waals surface area contributed by atoms with Crippen molar-refractivity contribution in [2.24, 2.45) is 16.5 Å². The van der Waals surface area contributed by atoms with Crippen LogP contribution in [0, 0.1) is 12.7 Å². The average Bonchev–Trinajstić information content (AvgIpc) is 2.76. The average molecular weight is 511 g/mol. The third-order valence-corrected chi connectivity index (χ3v) is 6.06. The Kier molecular flexibility index (Phi) is 9.34. The molecule has 2 aromatic rings. The molecular formula is C21H27FN6O6S. The zero-order chi connectivity index (χ0) is 26.2. The minimum atomic E-state index is -4.15. The number of carboxylic acid groups (broad SMARTS) is 1. The van der Waals surface area contributed by atoms with Gasteiger partial charge in [0.2, 0.25) is 15.9 Å². The fourth-order valence-electron chi connectivity index (χ4n) is 3.11. The van der Waals surface area contributed by atoms with Gasteiger partial charge in [-0.3, -0.25) is 19.3 Å². The molecule has 0 bridgehead atoms. The molecule has 2 rings (SSSR count). The second-order valence-electron chi connectivity index (χ2n) is 7.64. The van der Waals surface area contributed by atoms with E-state index in [1.165, 1.54) is 37.3 Å². The topological polar surface area (TPSA) is 199 Å². The highest BCUT2D eigenvalue weighted by atomic mass is 32.2. The first-order valence-corrected chi connectivity index (χ1v) is 12.1. The number of aliphatic imine (C=N–C) groups is 1. The number of nitrogens with one attached hydrogen (secondary N) is 2. The Balaban J connectivity index is 2.13. The van der Waals surface area contributed by atoms with Crippen LogP contribution in [0.1, 0.15) is 24.1 Å². The molecule has 35 heavy (non-hydrogen) atoms. The molecule has 0 saturated carbocycles. The quantitative estimate of drug-likeness (QED) is 0.148. The highest BCUT2D eigenvalue weighted by Gasteiger charge is 2.21. The summed E-state index contributed by atoms with van der Waals surface area (Å²) in [6, 6.07) is 6.73. The molecule has 0 radical (unpaired) electrons. The molecule has 14 heteroatoms. The van der Waals surface area contributed by atoms with E-state index >= 15 is 0 Å². The summed E-state index contributed by atoms with van der Waals surface area (Å²) in [6.45, 7) is 1.15. The standard InChI is InChI=1S/C21H27FN6O6S/c1-13-8-9-16(27-35(33,34)12-14-5-2-3-6-15(14)22)19(30)28(13)11-18(29)26-17(20(31)32)7-4-10-25-21(23)24/h2-3,5-6,8-9,17,27H,4,7,10-12H2,1H3,(H,26,29)(H,31,32)(H4,23,24,25)/t17-/m1/s1. The number of benzene rings is 1. The van der Waals surface area contributed by atoms with Crippen molar-refractivity contribution >= 4 is 33.5 Å². The molecule has 0 aliphatic carbocycles. The molecule has 190 valence electrons. The Bertz CT molecular complexity index is 1270. The summed E-state index contributed by atoms with van der Waals surface area (Å²) in [7, 11) is -4.15. The van der Waals surface area contributed by atoms with Gasteiger partial charge in [-0.15, -0.1) is 0 Å². The number of carbonyl (C=O) groups is 2. The number of aliphatic carboxylic acids is 1. The largest absolute Gasteiger partial charge is 0.480 e. The van der Waals surface area contributed by atoms with Gasteiger partial charge in [0.25, 0.3) is 5.56 Å². The van der Waals surface area contributed by atoms with Crippen LogP contribution in [-0.2, 0) is 31.9 Å². The number of hydrogen-bond donors (Lipinski definition) is 5. The van der Waals surface area contributed by atoms with Gasteiger partial charge in [-0.1, -0.05) is 18.2 Å². The number of nitrogens with two attached hydrogens (primary N) is 2. The number of hydrogen-bond acceptors (Lipinski definition) is 6. The zero-order valence-corrected chi connectivity index (χ0v) is 19.7. The number of halogens is 1. The van der Waals surface area contributed by atoms with Crippen molar-refractivity contribution in [3.63, 3.8) is 0 Å². The van der Waals surface area contributed by atoms with Gasteiger partial charge in [-0.05, 0) is 38.0 Å². The lowest BCUT2D eigenvalue weighted by molar-refractivity contribution is -0.142. The number of sulfonamides is 1. The smallest absolute Gasteiger partial charge is 0.326 e. The van der Waals surface area contributed by atoms with Gasteiger partial charge in [0.05, 0.1) is 5.75 Å². The van der Waals surface area contributed by atoms with Crippen molar-refractivity contribution in [2.45, 2.75) is 38.1 Å². The van der Waals surface area contributed by atoms with Crippen molar-refractivity contribution in [3.8, 4) is 0 Å². The van der Waals surface area contributed by atoms with Crippen LogP contribution in [0.25, 0.3) is 0 Å². The van der Waals surface area contributed by atoms with E-state index in [1.54, 1.807) is 0 Å². The van der Waals surface area contributed by atoms with Gasteiger partial charge in [0, 0.05) is 17.8 Å². The van der Waals surface area contributed by atoms with Gasteiger partial charge in [0.1, 0.15) is 24.1 Å². The SMILES string of the molecule is Cc1ccc(NS(=O)(=O)Cc2ccccc2F)c(=O)n1CC(=O)N[C@H](CCCN=C(N)N)C(=O)O.